The van der Waals surface area contributed by atoms with Crippen LogP contribution in [0.5, 0.6) is 0 Å². The molecule has 1 aliphatic heterocycles. The zero-order valence-electron chi connectivity index (χ0n) is 12.4. The van der Waals surface area contributed by atoms with Crippen LogP contribution in [0.4, 0.5) is 11.4 Å². The Morgan fingerprint density at radius 2 is 2.29 bits per heavy atom. The van der Waals surface area contributed by atoms with Gasteiger partial charge in [0.15, 0.2) is 0 Å². The molecule has 0 aromatic heterocycles. The summed E-state index contributed by atoms with van der Waals surface area (Å²) in [5.41, 5.74) is 2.49. The molecule has 5 nitrogen and oxygen atoms in total. The van der Waals surface area contributed by atoms with E-state index < -0.39 is 0 Å². The standard InChI is InChI=1S/C15H19ClN4O/c1-4-20(8-9(2)7-17)13-6-12-10(5-11(13)16)14(18-3)15(21)19-12/h5-6,9,14,18H,4,8H2,1-3H3,(H,19,21). The van der Waals surface area contributed by atoms with Gasteiger partial charge in [0.1, 0.15) is 6.04 Å². The predicted octanol–water partition coefficient (Wildman–Crippen LogP) is 2.54. The number of likely N-dealkylation sites (N-methyl/N-ethyl adjacent to an activating group) is 1. The topological polar surface area (TPSA) is 68.2 Å². The lowest BCUT2D eigenvalue weighted by Crippen LogP contribution is -2.28. The van der Waals surface area contributed by atoms with Gasteiger partial charge in [-0.15, -0.1) is 0 Å². The first-order valence-electron chi connectivity index (χ1n) is 6.97. The molecule has 2 rings (SSSR count). The van der Waals surface area contributed by atoms with Gasteiger partial charge in [-0.1, -0.05) is 11.6 Å². The summed E-state index contributed by atoms with van der Waals surface area (Å²) in [7, 11) is 1.74. The van der Waals surface area contributed by atoms with Gasteiger partial charge in [0.2, 0.25) is 5.91 Å². The molecule has 1 heterocycles. The van der Waals surface area contributed by atoms with Crippen molar-refractivity contribution in [1.29, 1.82) is 5.26 Å². The van der Waals surface area contributed by atoms with Crippen LogP contribution in [0.25, 0.3) is 0 Å². The van der Waals surface area contributed by atoms with Crippen LogP contribution in [0.1, 0.15) is 25.5 Å². The highest BCUT2D eigenvalue weighted by molar-refractivity contribution is 6.33. The number of hydrogen-bond donors (Lipinski definition) is 2. The summed E-state index contributed by atoms with van der Waals surface area (Å²) < 4.78 is 0. The van der Waals surface area contributed by atoms with Gasteiger partial charge in [0.05, 0.1) is 22.7 Å². The number of halogens is 1. The number of carbonyl (C=O) groups excluding carboxylic acids is 1. The Morgan fingerprint density at radius 3 is 2.86 bits per heavy atom. The highest BCUT2D eigenvalue weighted by Gasteiger charge is 2.30. The summed E-state index contributed by atoms with van der Waals surface area (Å²) in [6.07, 6.45) is 0. The van der Waals surface area contributed by atoms with Gasteiger partial charge in [-0.2, -0.15) is 5.26 Å². The zero-order chi connectivity index (χ0) is 15.6. The lowest BCUT2D eigenvalue weighted by atomic mass is 10.1. The monoisotopic (exact) mass is 306 g/mol. The number of nitrogens with zero attached hydrogens (tertiary/aromatic N) is 2. The summed E-state index contributed by atoms with van der Waals surface area (Å²) in [6, 6.07) is 5.58. The number of carbonyl (C=O) groups is 1. The Kier molecular flexibility index (Phi) is 4.71. The molecule has 0 saturated heterocycles. The number of amides is 1. The Hall–Kier alpha value is -1.77. The minimum absolute atomic E-state index is 0.0749. The van der Waals surface area contributed by atoms with Crippen LogP contribution in [-0.4, -0.2) is 26.0 Å². The molecule has 0 fully saturated rings. The molecule has 21 heavy (non-hydrogen) atoms. The molecule has 1 aromatic carbocycles. The summed E-state index contributed by atoms with van der Waals surface area (Å²) in [4.78, 5) is 13.9. The van der Waals surface area contributed by atoms with E-state index in [0.717, 1.165) is 23.5 Å². The Morgan fingerprint density at radius 1 is 1.57 bits per heavy atom. The van der Waals surface area contributed by atoms with Crippen molar-refractivity contribution in [3.8, 4) is 6.07 Å². The van der Waals surface area contributed by atoms with E-state index in [-0.39, 0.29) is 17.9 Å². The second-order valence-electron chi connectivity index (χ2n) is 5.17. The van der Waals surface area contributed by atoms with Gasteiger partial charge >= 0.3 is 0 Å². The van der Waals surface area contributed by atoms with Crippen LogP contribution in [0.3, 0.4) is 0 Å². The average molecular weight is 307 g/mol. The molecule has 2 N–H and O–H groups in total. The number of benzene rings is 1. The van der Waals surface area contributed by atoms with E-state index in [2.05, 4.69) is 21.6 Å². The van der Waals surface area contributed by atoms with Crippen LogP contribution in [0, 0.1) is 17.2 Å². The summed E-state index contributed by atoms with van der Waals surface area (Å²) in [5, 5.41) is 15.4. The van der Waals surface area contributed by atoms with E-state index in [0.29, 0.717) is 11.6 Å². The number of nitrogens with one attached hydrogen (secondary N) is 2. The number of anilines is 2. The third-order valence-corrected chi connectivity index (χ3v) is 3.98. The first-order chi connectivity index (χ1) is 10.0. The van der Waals surface area contributed by atoms with E-state index in [4.69, 9.17) is 16.9 Å². The number of rotatable bonds is 5. The normalized spacial score (nSPS) is 17.9. The minimum atomic E-state index is -0.361. The van der Waals surface area contributed by atoms with Gasteiger partial charge in [0.25, 0.3) is 0 Å². The van der Waals surface area contributed by atoms with E-state index in [9.17, 15) is 4.79 Å². The van der Waals surface area contributed by atoms with Crippen LogP contribution >= 0.6 is 11.6 Å². The molecular formula is C15H19ClN4O. The van der Waals surface area contributed by atoms with Crippen molar-refractivity contribution in [3.63, 3.8) is 0 Å². The van der Waals surface area contributed by atoms with Crippen molar-refractivity contribution in [1.82, 2.24) is 5.32 Å². The van der Waals surface area contributed by atoms with Gasteiger partial charge in [-0.05, 0) is 33.0 Å². The van der Waals surface area contributed by atoms with E-state index >= 15 is 0 Å². The van der Waals surface area contributed by atoms with E-state index in [1.54, 1.807) is 7.05 Å². The van der Waals surface area contributed by atoms with Gasteiger partial charge in [0, 0.05) is 24.3 Å². The number of nitriles is 1. The van der Waals surface area contributed by atoms with E-state index in [1.807, 2.05) is 26.0 Å². The van der Waals surface area contributed by atoms with Gasteiger partial charge in [-0.3, -0.25) is 4.79 Å². The highest BCUT2D eigenvalue weighted by Crippen LogP contribution is 2.38. The minimum Gasteiger partial charge on any atom is -0.369 e. The Labute approximate surface area is 129 Å². The van der Waals surface area contributed by atoms with Crippen LogP contribution in [0.15, 0.2) is 12.1 Å². The van der Waals surface area contributed by atoms with Crippen molar-refractivity contribution in [2.75, 3.05) is 30.4 Å². The van der Waals surface area contributed by atoms with Crippen molar-refractivity contribution in [3.05, 3.63) is 22.7 Å². The lowest BCUT2D eigenvalue weighted by Gasteiger charge is -2.26. The first kappa shape index (κ1) is 15.6. The van der Waals surface area contributed by atoms with Gasteiger partial charge < -0.3 is 15.5 Å². The molecule has 2 atom stereocenters. The molecule has 1 aromatic rings. The van der Waals surface area contributed by atoms with Crippen molar-refractivity contribution in [2.45, 2.75) is 19.9 Å². The number of fused-ring (bicyclic) bond motifs is 1. The predicted molar refractivity (Wildman–Crippen MR) is 84.5 cm³/mol. The SMILES string of the molecule is CCN(CC(C)C#N)c1cc2c(cc1Cl)C(NC)C(=O)N2. The lowest BCUT2D eigenvalue weighted by molar-refractivity contribution is -0.117. The zero-order valence-corrected chi connectivity index (χ0v) is 13.2. The molecular weight excluding hydrogens is 288 g/mol. The molecule has 0 saturated carbocycles. The fourth-order valence-electron chi connectivity index (χ4n) is 2.57. The molecule has 2 unspecified atom stereocenters. The molecule has 0 bridgehead atoms. The third-order valence-electron chi connectivity index (χ3n) is 3.68. The Balaban J connectivity index is 2.37. The van der Waals surface area contributed by atoms with Crippen LogP contribution < -0.4 is 15.5 Å². The molecule has 1 aliphatic rings. The van der Waals surface area contributed by atoms with Gasteiger partial charge in [-0.25, -0.2) is 0 Å². The fourth-order valence-corrected chi connectivity index (χ4v) is 2.86. The van der Waals surface area contributed by atoms with Crippen molar-refractivity contribution < 1.29 is 4.79 Å². The summed E-state index contributed by atoms with van der Waals surface area (Å²) in [5.74, 6) is -0.164. The quantitative estimate of drug-likeness (QED) is 0.877. The smallest absolute Gasteiger partial charge is 0.246 e. The van der Waals surface area contributed by atoms with Crippen molar-refractivity contribution >= 4 is 28.9 Å². The highest BCUT2D eigenvalue weighted by atomic mass is 35.5. The van der Waals surface area contributed by atoms with Crippen molar-refractivity contribution in [2.24, 2.45) is 5.92 Å². The molecule has 0 spiro atoms. The average Bonchev–Trinajstić information content (AvgIpc) is 2.78. The molecule has 0 radical (unpaired) electrons. The summed E-state index contributed by atoms with van der Waals surface area (Å²) >= 11 is 6.39. The second kappa shape index (κ2) is 6.33. The molecule has 1 amide bonds. The second-order valence-corrected chi connectivity index (χ2v) is 5.58. The molecule has 0 aliphatic carbocycles. The maximum Gasteiger partial charge on any atom is 0.246 e. The summed E-state index contributed by atoms with van der Waals surface area (Å²) in [6.45, 7) is 5.24. The number of hydrogen-bond acceptors (Lipinski definition) is 4. The van der Waals surface area contributed by atoms with Crippen LogP contribution in [-0.2, 0) is 4.79 Å². The van der Waals surface area contributed by atoms with E-state index in [1.165, 1.54) is 0 Å². The third kappa shape index (κ3) is 2.97. The fraction of sp³-hybridized carbons (Fsp3) is 0.467. The first-order valence-corrected chi connectivity index (χ1v) is 7.35. The largest absolute Gasteiger partial charge is 0.369 e. The maximum atomic E-state index is 11.9. The maximum absolute atomic E-state index is 11.9. The molecule has 6 heteroatoms. The van der Waals surface area contributed by atoms with Crippen LogP contribution in [0.2, 0.25) is 5.02 Å². The Bertz CT molecular complexity index is 596. The molecule has 112 valence electrons.